The topological polar surface area (TPSA) is 128 Å². The maximum atomic E-state index is 14.8. The molecule has 1 fully saturated rings. The number of carbonyl (C=O) groups excluding carboxylic acids is 1. The van der Waals surface area contributed by atoms with Crippen LogP contribution in [0.1, 0.15) is 31.3 Å². The van der Waals surface area contributed by atoms with Gasteiger partial charge in [-0.3, -0.25) is 14.2 Å². The van der Waals surface area contributed by atoms with E-state index in [1.807, 2.05) is 0 Å². The van der Waals surface area contributed by atoms with Crippen LogP contribution in [0.5, 0.6) is 0 Å². The number of aromatic nitrogens is 5. The molecule has 4 heterocycles. The number of hydrogen-bond acceptors (Lipinski definition) is 8. The lowest BCUT2D eigenvalue weighted by molar-refractivity contribution is -0.330. The molecule has 190 valence electrons. The van der Waals surface area contributed by atoms with Gasteiger partial charge < -0.3 is 20.1 Å². The summed E-state index contributed by atoms with van der Waals surface area (Å²) in [5, 5.41) is 11.8. The molecule has 3 aromatic heterocycles. The highest BCUT2D eigenvalue weighted by Gasteiger charge is 2.42. The van der Waals surface area contributed by atoms with E-state index in [4.69, 9.17) is 9.47 Å². The van der Waals surface area contributed by atoms with Gasteiger partial charge in [0.05, 0.1) is 30.8 Å². The van der Waals surface area contributed by atoms with E-state index in [1.54, 1.807) is 13.8 Å². The summed E-state index contributed by atoms with van der Waals surface area (Å²) in [5.74, 6) is -0.774. The third-order valence-electron chi connectivity index (χ3n) is 4.77. The number of aromatic amines is 1. The van der Waals surface area contributed by atoms with Crippen molar-refractivity contribution in [2.24, 2.45) is 0 Å². The van der Waals surface area contributed by atoms with Crippen molar-refractivity contribution in [2.75, 3.05) is 11.9 Å². The van der Waals surface area contributed by atoms with Crippen LogP contribution in [0.4, 0.5) is 38.5 Å². The lowest BCUT2D eigenvalue weighted by atomic mass is 10.1. The predicted octanol–water partition coefficient (Wildman–Crippen LogP) is 3.28. The number of rotatable bonds is 7. The molecule has 1 aliphatic heterocycles. The number of imidazole rings is 1. The van der Waals surface area contributed by atoms with Gasteiger partial charge in [0.25, 0.3) is 0 Å². The van der Waals surface area contributed by atoms with Crippen LogP contribution >= 0.6 is 0 Å². The molecule has 3 N–H and O–H groups in total. The average molecular weight is 505 g/mol. The molecular weight excluding hydrogens is 485 g/mol. The van der Waals surface area contributed by atoms with Crippen molar-refractivity contribution in [3.8, 4) is 0 Å². The number of anilines is 2. The second-order valence-corrected chi connectivity index (χ2v) is 7.86. The van der Waals surface area contributed by atoms with Gasteiger partial charge >= 0.3 is 12.5 Å². The molecule has 0 aromatic carbocycles. The lowest BCUT2D eigenvalue weighted by Crippen LogP contribution is -2.36. The zero-order valence-electron chi connectivity index (χ0n) is 18.3. The summed E-state index contributed by atoms with van der Waals surface area (Å²) in [6, 6.07) is 1.21. The normalized spacial score (nSPS) is 20.5. The van der Waals surface area contributed by atoms with Crippen LogP contribution in [0.2, 0.25) is 0 Å². The van der Waals surface area contributed by atoms with Crippen molar-refractivity contribution in [1.82, 2.24) is 29.9 Å². The molecular formula is C19H20F5N7O4. The van der Waals surface area contributed by atoms with Gasteiger partial charge in [0, 0.05) is 18.3 Å². The maximum absolute atomic E-state index is 14.8. The van der Waals surface area contributed by atoms with Crippen molar-refractivity contribution in [3.63, 3.8) is 0 Å². The van der Waals surface area contributed by atoms with Gasteiger partial charge in [-0.15, -0.1) is 13.2 Å². The van der Waals surface area contributed by atoms with Gasteiger partial charge in [0.2, 0.25) is 5.95 Å². The summed E-state index contributed by atoms with van der Waals surface area (Å²) in [5.41, 5.74) is -0.257. The van der Waals surface area contributed by atoms with E-state index in [1.165, 1.54) is 6.07 Å². The summed E-state index contributed by atoms with van der Waals surface area (Å²) >= 11 is 0. The van der Waals surface area contributed by atoms with E-state index in [2.05, 4.69) is 35.5 Å². The number of nitrogens with zero attached hydrogens (tertiary/aromatic N) is 4. The highest BCUT2D eigenvalue weighted by Crippen LogP contribution is 2.33. The Labute approximate surface area is 194 Å². The van der Waals surface area contributed by atoms with Crippen molar-refractivity contribution in [1.29, 1.82) is 0 Å². The Balaban J connectivity index is 1.46. The minimum Gasteiger partial charge on any atom is -0.441 e. The molecule has 0 bridgehead atoms. The standard InChI is InChI=1S/C19H20F5N7O4/c1-8(2)26-18(32)35-12-7-33-15(14(12)21)11-3-13(30-29-11)28-17-25-4-10(20)16-27-9(5-31(16)17)6-34-19(22,23)24/h3-5,8,12,14-15H,6-7H2,1-2H3,(H,26,32)(H2,25,28,29,30)/t12-,14+,15-/m0/s1. The minimum absolute atomic E-state index is 0.0269. The monoisotopic (exact) mass is 505 g/mol. The summed E-state index contributed by atoms with van der Waals surface area (Å²) in [6.07, 6.45) is -7.60. The lowest BCUT2D eigenvalue weighted by Gasteiger charge is -2.16. The van der Waals surface area contributed by atoms with E-state index in [-0.39, 0.29) is 41.4 Å². The Kier molecular flexibility index (Phi) is 6.75. The third kappa shape index (κ3) is 5.76. The molecule has 3 aromatic rings. The van der Waals surface area contributed by atoms with Crippen LogP contribution in [0.3, 0.4) is 0 Å². The second kappa shape index (κ2) is 9.61. The molecule has 35 heavy (non-hydrogen) atoms. The highest BCUT2D eigenvalue weighted by atomic mass is 19.4. The first kappa shape index (κ1) is 24.6. The van der Waals surface area contributed by atoms with E-state index < -0.39 is 43.3 Å². The Morgan fingerprint density at radius 3 is 2.89 bits per heavy atom. The second-order valence-electron chi connectivity index (χ2n) is 7.86. The van der Waals surface area contributed by atoms with E-state index in [0.717, 1.165) is 16.8 Å². The fourth-order valence-electron chi connectivity index (χ4n) is 3.32. The summed E-state index contributed by atoms with van der Waals surface area (Å²) in [6.45, 7) is 2.36. The average Bonchev–Trinajstić information content (AvgIpc) is 3.47. The molecule has 16 heteroatoms. The quantitative estimate of drug-likeness (QED) is 0.418. The largest absolute Gasteiger partial charge is 0.522 e. The number of amides is 1. The van der Waals surface area contributed by atoms with Gasteiger partial charge in [-0.1, -0.05) is 0 Å². The van der Waals surface area contributed by atoms with E-state index in [9.17, 15) is 26.7 Å². The van der Waals surface area contributed by atoms with Gasteiger partial charge in [-0.25, -0.2) is 23.5 Å². The minimum atomic E-state index is -4.88. The number of halogens is 5. The molecule has 0 unspecified atom stereocenters. The fourth-order valence-corrected chi connectivity index (χ4v) is 3.32. The number of alkyl halides is 4. The van der Waals surface area contributed by atoms with Gasteiger partial charge in [-0.2, -0.15) is 5.10 Å². The van der Waals surface area contributed by atoms with Crippen molar-refractivity contribution < 1.29 is 41.0 Å². The molecule has 3 atom stereocenters. The smallest absolute Gasteiger partial charge is 0.441 e. The number of alkyl carbamates (subject to hydrolysis) is 1. The molecule has 1 aliphatic rings. The van der Waals surface area contributed by atoms with Gasteiger partial charge in [0.15, 0.2) is 29.6 Å². The Morgan fingerprint density at radius 1 is 1.40 bits per heavy atom. The van der Waals surface area contributed by atoms with Gasteiger partial charge in [0.1, 0.15) is 6.10 Å². The number of hydrogen-bond donors (Lipinski definition) is 3. The summed E-state index contributed by atoms with van der Waals surface area (Å²) in [7, 11) is 0. The molecule has 1 amide bonds. The van der Waals surface area contributed by atoms with Crippen LogP contribution < -0.4 is 10.6 Å². The molecule has 11 nitrogen and oxygen atoms in total. The molecule has 4 rings (SSSR count). The highest BCUT2D eigenvalue weighted by molar-refractivity contribution is 5.67. The van der Waals surface area contributed by atoms with Gasteiger partial charge in [-0.05, 0) is 13.8 Å². The van der Waals surface area contributed by atoms with Crippen molar-refractivity contribution >= 4 is 23.5 Å². The fraction of sp³-hybridized carbons (Fsp3) is 0.474. The Bertz CT molecular complexity index is 1200. The molecule has 0 spiro atoms. The van der Waals surface area contributed by atoms with Crippen LogP contribution in [-0.4, -0.2) is 61.9 Å². The number of nitrogens with one attached hydrogen (secondary N) is 3. The maximum Gasteiger partial charge on any atom is 0.522 e. The van der Waals surface area contributed by atoms with Crippen LogP contribution in [-0.2, 0) is 20.8 Å². The molecule has 0 saturated carbocycles. The van der Waals surface area contributed by atoms with E-state index >= 15 is 0 Å². The van der Waals surface area contributed by atoms with Crippen molar-refractivity contribution in [3.05, 3.63) is 35.7 Å². The van der Waals surface area contributed by atoms with Crippen LogP contribution in [0, 0.1) is 5.82 Å². The first-order valence-corrected chi connectivity index (χ1v) is 10.3. The third-order valence-corrected chi connectivity index (χ3v) is 4.77. The number of ether oxygens (including phenoxy) is 3. The summed E-state index contributed by atoms with van der Waals surface area (Å²) in [4.78, 5) is 19.4. The summed E-state index contributed by atoms with van der Waals surface area (Å²) < 4.78 is 81.1. The molecule has 1 saturated heterocycles. The van der Waals surface area contributed by atoms with Crippen LogP contribution in [0.25, 0.3) is 5.65 Å². The number of fused-ring (bicyclic) bond motifs is 1. The van der Waals surface area contributed by atoms with Crippen molar-refractivity contribution in [2.45, 2.75) is 51.2 Å². The zero-order chi connectivity index (χ0) is 25.3. The van der Waals surface area contributed by atoms with E-state index in [0.29, 0.717) is 0 Å². The number of H-pyrrole nitrogens is 1. The first-order chi connectivity index (χ1) is 16.5. The number of carbonyl (C=O) groups is 1. The first-order valence-electron chi connectivity index (χ1n) is 10.3. The SMILES string of the molecule is CC(C)NC(=O)O[C@H]1CO[C@@H](c2cc(Nc3ncc(F)c4nc(COC(F)(F)F)cn34)n[nH]2)[C@@H]1F. The predicted molar refractivity (Wildman–Crippen MR) is 108 cm³/mol. The molecule has 0 radical (unpaired) electrons. The zero-order valence-corrected chi connectivity index (χ0v) is 18.3. The Hall–Kier alpha value is -3.53. The molecule has 0 aliphatic carbocycles. The Morgan fingerprint density at radius 2 is 2.17 bits per heavy atom. The van der Waals surface area contributed by atoms with Crippen LogP contribution in [0.15, 0.2) is 18.5 Å².